The molecule has 25 heavy (non-hydrogen) atoms. The summed E-state index contributed by atoms with van der Waals surface area (Å²) in [5.41, 5.74) is 0. The van der Waals surface area contributed by atoms with Crippen molar-refractivity contribution in [2.75, 3.05) is 0 Å². The lowest BCUT2D eigenvalue weighted by atomic mass is 9.69. The van der Waals surface area contributed by atoms with Crippen LogP contribution in [0, 0.1) is 35.5 Å². The van der Waals surface area contributed by atoms with Gasteiger partial charge in [0.15, 0.2) is 0 Å². The van der Waals surface area contributed by atoms with Crippen LogP contribution >= 0.6 is 0 Å². The SMILES string of the molecule is CCCCCC1CCC(C2CCC(C#CCCC(F)(F)F)CC2)CC1. The molecule has 0 amide bonds. The third-order valence-electron chi connectivity index (χ3n) is 6.39. The molecule has 2 rings (SSSR count). The molecule has 0 unspecified atom stereocenters. The van der Waals surface area contributed by atoms with E-state index in [2.05, 4.69) is 18.8 Å². The minimum absolute atomic E-state index is 0.0362. The molecule has 144 valence electrons. The van der Waals surface area contributed by atoms with E-state index in [1.165, 1.54) is 64.2 Å². The van der Waals surface area contributed by atoms with Gasteiger partial charge in [0, 0.05) is 12.3 Å². The Hall–Kier alpha value is -0.650. The molecule has 2 aliphatic rings. The first-order valence-electron chi connectivity index (χ1n) is 10.5. The molecule has 0 aliphatic heterocycles. The molecule has 3 heteroatoms. The van der Waals surface area contributed by atoms with Crippen LogP contribution in [-0.2, 0) is 0 Å². The van der Waals surface area contributed by atoms with Crippen molar-refractivity contribution >= 4 is 0 Å². The van der Waals surface area contributed by atoms with Gasteiger partial charge >= 0.3 is 6.18 Å². The quantitative estimate of drug-likeness (QED) is 0.341. The molecule has 2 fully saturated rings. The van der Waals surface area contributed by atoms with Gasteiger partial charge in [0.25, 0.3) is 0 Å². The van der Waals surface area contributed by atoms with Crippen molar-refractivity contribution in [2.24, 2.45) is 23.7 Å². The van der Waals surface area contributed by atoms with Gasteiger partial charge in [0.05, 0.1) is 6.42 Å². The summed E-state index contributed by atoms with van der Waals surface area (Å²) in [6.45, 7) is 2.27. The molecule has 0 bridgehead atoms. The van der Waals surface area contributed by atoms with E-state index in [1.54, 1.807) is 0 Å². The fourth-order valence-corrected chi connectivity index (χ4v) is 4.79. The Balaban J connectivity index is 1.62. The Bertz CT molecular complexity index is 413. The van der Waals surface area contributed by atoms with Crippen molar-refractivity contribution in [3.8, 4) is 11.8 Å². The predicted molar refractivity (Wildman–Crippen MR) is 98.1 cm³/mol. The van der Waals surface area contributed by atoms with E-state index in [9.17, 15) is 13.2 Å². The Labute approximate surface area is 152 Å². The summed E-state index contributed by atoms with van der Waals surface area (Å²) in [5.74, 6) is 8.94. The summed E-state index contributed by atoms with van der Waals surface area (Å²) < 4.78 is 36.4. The molecule has 0 nitrogen and oxygen atoms in total. The topological polar surface area (TPSA) is 0 Å². The zero-order valence-corrected chi connectivity index (χ0v) is 15.8. The van der Waals surface area contributed by atoms with E-state index in [1.807, 2.05) is 0 Å². The van der Waals surface area contributed by atoms with E-state index in [4.69, 9.17) is 0 Å². The van der Waals surface area contributed by atoms with E-state index in [0.717, 1.165) is 30.6 Å². The lowest BCUT2D eigenvalue weighted by molar-refractivity contribution is -0.133. The molecule has 0 aromatic heterocycles. The average Bonchev–Trinajstić information content (AvgIpc) is 2.59. The van der Waals surface area contributed by atoms with Gasteiger partial charge in [-0.2, -0.15) is 13.2 Å². The molecule has 2 aliphatic carbocycles. The Kier molecular flexibility index (Phi) is 8.67. The summed E-state index contributed by atoms with van der Waals surface area (Å²) in [4.78, 5) is 0. The Morgan fingerprint density at radius 2 is 1.44 bits per heavy atom. The van der Waals surface area contributed by atoms with Gasteiger partial charge in [-0.25, -0.2) is 0 Å². The maximum absolute atomic E-state index is 12.1. The van der Waals surface area contributed by atoms with Crippen molar-refractivity contribution < 1.29 is 13.2 Å². The van der Waals surface area contributed by atoms with Gasteiger partial charge in [-0.3, -0.25) is 0 Å². The van der Waals surface area contributed by atoms with Crippen molar-refractivity contribution in [1.29, 1.82) is 0 Å². The van der Waals surface area contributed by atoms with E-state index in [0.29, 0.717) is 5.92 Å². The highest BCUT2D eigenvalue weighted by Crippen LogP contribution is 2.42. The molecule has 0 radical (unpaired) electrons. The number of hydrogen-bond acceptors (Lipinski definition) is 0. The molecule has 0 atom stereocenters. The lowest BCUT2D eigenvalue weighted by Crippen LogP contribution is -2.25. The van der Waals surface area contributed by atoms with Crippen LogP contribution in [0.25, 0.3) is 0 Å². The molecule has 0 aromatic rings. The van der Waals surface area contributed by atoms with Crippen LogP contribution in [0.1, 0.15) is 96.8 Å². The zero-order chi connectivity index (χ0) is 18.1. The minimum atomic E-state index is -4.07. The highest BCUT2D eigenvalue weighted by Gasteiger charge is 2.30. The largest absolute Gasteiger partial charge is 0.390 e. The van der Waals surface area contributed by atoms with Crippen LogP contribution in [0.3, 0.4) is 0 Å². The Morgan fingerprint density at radius 1 is 0.840 bits per heavy atom. The minimum Gasteiger partial charge on any atom is -0.171 e. The first kappa shape index (κ1) is 20.7. The molecule has 0 N–H and O–H groups in total. The average molecular weight is 357 g/mol. The maximum atomic E-state index is 12.1. The summed E-state index contributed by atoms with van der Waals surface area (Å²) in [6, 6.07) is 0. The second kappa shape index (κ2) is 10.5. The van der Waals surface area contributed by atoms with Crippen molar-refractivity contribution in [1.82, 2.24) is 0 Å². The molecule has 2 saturated carbocycles. The van der Waals surface area contributed by atoms with E-state index in [-0.39, 0.29) is 6.42 Å². The van der Waals surface area contributed by atoms with Gasteiger partial charge in [-0.05, 0) is 56.3 Å². The molecule has 0 aromatic carbocycles. The second-order valence-corrected chi connectivity index (χ2v) is 8.32. The molecule has 0 heterocycles. The molecule has 0 saturated heterocycles. The van der Waals surface area contributed by atoms with E-state index < -0.39 is 12.6 Å². The van der Waals surface area contributed by atoms with Gasteiger partial charge in [-0.1, -0.05) is 51.4 Å². The van der Waals surface area contributed by atoms with Crippen molar-refractivity contribution in [2.45, 2.75) is 103 Å². The first-order chi connectivity index (χ1) is 12.0. The third-order valence-corrected chi connectivity index (χ3v) is 6.39. The van der Waals surface area contributed by atoms with E-state index >= 15 is 0 Å². The molecule has 0 spiro atoms. The number of alkyl halides is 3. The van der Waals surface area contributed by atoms with Crippen molar-refractivity contribution in [3.63, 3.8) is 0 Å². The summed E-state index contributed by atoms with van der Waals surface area (Å²) in [6.07, 6.45) is 11.0. The summed E-state index contributed by atoms with van der Waals surface area (Å²) >= 11 is 0. The van der Waals surface area contributed by atoms with Gasteiger partial charge in [0.1, 0.15) is 0 Å². The third kappa shape index (κ3) is 8.06. The monoisotopic (exact) mass is 356 g/mol. The first-order valence-corrected chi connectivity index (χ1v) is 10.5. The predicted octanol–water partition coefficient (Wildman–Crippen LogP) is 7.53. The normalized spacial score (nSPS) is 30.6. The van der Waals surface area contributed by atoms with Crippen LogP contribution < -0.4 is 0 Å². The van der Waals surface area contributed by atoms with Gasteiger partial charge in [-0.15, -0.1) is 5.92 Å². The summed E-state index contributed by atoms with van der Waals surface area (Å²) in [7, 11) is 0. The highest BCUT2D eigenvalue weighted by atomic mass is 19.4. The number of hydrogen-bond donors (Lipinski definition) is 0. The zero-order valence-electron chi connectivity index (χ0n) is 15.8. The molecular formula is C22H35F3. The fraction of sp³-hybridized carbons (Fsp3) is 0.909. The number of unbranched alkanes of at least 4 members (excludes halogenated alkanes) is 2. The number of rotatable bonds is 6. The van der Waals surface area contributed by atoms with Crippen LogP contribution in [0.4, 0.5) is 13.2 Å². The van der Waals surface area contributed by atoms with Crippen LogP contribution in [-0.4, -0.2) is 6.18 Å². The Morgan fingerprint density at radius 3 is 2.00 bits per heavy atom. The summed E-state index contributed by atoms with van der Waals surface area (Å²) in [5, 5.41) is 0. The van der Waals surface area contributed by atoms with Crippen LogP contribution in [0.15, 0.2) is 0 Å². The maximum Gasteiger partial charge on any atom is 0.390 e. The van der Waals surface area contributed by atoms with Gasteiger partial charge in [0.2, 0.25) is 0 Å². The smallest absolute Gasteiger partial charge is 0.171 e. The highest BCUT2D eigenvalue weighted by molar-refractivity contribution is 5.05. The lowest BCUT2D eigenvalue weighted by Gasteiger charge is -2.37. The second-order valence-electron chi connectivity index (χ2n) is 8.32. The van der Waals surface area contributed by atoms with Crippen LogP contribution in [0.2, 0.25) is 0 Å². The number of halogens is 3. The van der Waals surface area contributed by atoms with Crippen molar-refractivity contribution in [3.05, 3.63) is 0 Å². The van der Waals surface area contributed by atoms with Gasteiger partial charge < -0.3 is 0 Å². The fourth-order valence-electron chi connectivity index (χ4n) is 4.79. The van der Waals surface area contributed by atoms with Crippen LogP contribution in [0.5, 0.6) is 0 Å². The molecular weight excluding hydrogens is 321 g/mol. The standard InChI is InChI=1S/C22H35F3/c1-2-3-4-7-18-9-13-20(14-10-18)21-15-11-19(12-16-21)8-5-6-17-22(23,24)25/h18-21H,2-4,6-7,9-17H2,1H3.